The van der Waals surface area contributed by atoms with Crippen molar-refractivity contribution in [3.05, 3.63) is 48.3 Å². The van der Waals surface area contributed by atoms with Crippen LogP contribution in [0.2, 0.25) is 0 Å². The van der Waals surface area contributed by atoms with Gasteiger partial charge in [-0.15, -0.1) is 0 Å². The zero-order valence-corrected chi connectivity index (χ0v) is 15.9. The van der Waals surface area contributed by atoms with Gasteiger partial charge in [-0.2, -0.15) is 0 Å². The van der Waals surface area contributed by atoms with Gasteiger partial charge >= 0.3 is 130 Å². The van der Waals surface area contributed by atoms with E-state index < -0.39 is 9.49 Å². The van der Waals surface area contributed by atoms with Gasteiger partial charge < -0.3 is 0 Å². The van der Waals surface area contributed by atoms with Gasteiger partial charge in [0.25, 0.3) is 0 Å². The Labute approximate surface area is 128 Å². The van der Waals surface area contributed by atoms with Crippen LogP contribution in [0.5, 0.6) is 0 Å². The average Bonchev–Trinajstić information content (AvgIpc) is 2.55. The molecule has 0 saturated carbocycles. The third-order valence-corrected chi connectivity index (χ3v) is 10.0. The summed E-state index contributed by atoms with van der Waals surface area (Å²) in [5.74, 6) is 6.53. The van der Waals surface area contributed by atoms with Crippen LogP contribution >= 0.6 is 38.7 Å². The van der Waals surface area contributed by atoms with Crippen molar-refractivity contribution < 1.29 is 14.1 Å². The van der Waals surface area contributed by atoms with E-state index in [2.05, 4.69) is 87.3 Å². The number of nitrogens with two attached hydrogens (primary N) is 1. The zero-order valence-electron chi connectivity index (χ0n) is 9.29. The minimum atomic E-state index is -1.16. The number of nitrogens with zero attached hydrogens (tertiary/aromatic N) is 2. The SMILES string of the molecule is CN1C=C[N+](N)(Cc2ccccc2)[C]1=[Pt]([I])[I]. The van der Waals surface area contributed by atoms with Crippen LogP contribution in [0.4, 0.5) is 0 Å². The Morgan fingerprint density at radius 2 is 1.94 bits per heavy atom. The second-order valence-corrected chi connectivity index (χ2v) is 27.9. The van der Waals surface area contributed by atoms with E-state index in [-0.39, 0.29) is 0 Å². The fraction of sp³-hybridized carbons (Fsp3) is 0.182. The maximum atomic E-state index is 6.53. The quantitative estimate of drug-likeness (QED) is 0.308. The Kier molecular flexibility index (Phi) is 4.79. The minimum absolute atomic E-state index is 0.442. The Morgan fingerprint density at radius 1 is 1.29 bits per heavy atom. The summed E-state index contributed by atoms with van der Waals surface area (Å²) in [7, 11) is 0.929. The first kappa shape index (κ1) is 14.1. The second kappa shape index (κ2) is 5.77. The summed E-state index contributed by atoms with van der Waals surface area (Å²) in [5, 5.41) is 0. The van der Waals surface area contributed by atoms with Gasteiger partial charge in [0.2, 0.25) is 0 Å². The molecule has 1 aromatic rings. The maximum absolute atomic E-state index is 6.53. The first-order valence-electron chi connectivity index (χ1n) is 4.98. The number of benzene rings is 1. The van der Waals surface area contributed by atoms with Crippen molar-refractivity contribution in [2.45, 2.75) is 6.54 Å². The van der Waals surface area contributed by atoms with Crippen LogP contribution in [0, 0.1) is 0 Å². The van der Waals surface area contributed by atoms with Gasteiger partial charge in [0, 0.05) is 0 Å². The Morgan fingerprint density at radius 3 is 2.53 bits per heavy atom. The molecule has 1 atom stereocenters. The van der Waals surface area contributed by atoms with Crippen molar-refractivity contribution in [1.29, 1.82) is 0 Å². The monoisotopic (exact) mass is 637 g/mol. The first-order chi connectivity index (χ1) is 8.03. The predicted octanol–water partition coefficient (Wildman–Crippen LogP) is 2.70. The van der Waals surface area contributed by atoms with Crippen LogP contribution in [-0.2, 0) is 16.0 Å². The van der Waals surface area contributed by atoms with Crippen LogP contribution in [0.3, 0.4) is 0 Å². The van der Waals surface area contributed by atoms with Crippen molar-refractivity contribution in [2.24, 2.45) is 5.84 Å². The van der Waals surface area contributed by atoms with Crippen LogP contribution in [0.1, 0.15) is 5.56 Å². The van der Waals surface area contributed by atoms with Crippen LogP contribution in [-0.4, -0.2) is 20.7 Å². The molecule has 0 bridgehead atoms. The molecule has 17 heavy (non-hydrogen) atoms. The van der Waals surface area contributed by atoms with Gasteiger partial charge in [-0.05, 0) is 0 Å². The topological polar surface area (TPSA) is 29.3 Å². The Hall–Kier alpha value is 0.698. The summed E-state index contributed by atoms with van der Waals surface area (Å²) in [4.78, 5) is 2.19. The molecular formula is C11H14I2N3Pt+. The Balaban J connectivity index is 2.31. The Bertz CT molecular complexity index is 471. The van der Waals surface area contributed by atoms with Crippen LogP contribution in [0.15, 0.2) is 42.7 Å². The molecule has 0 aromatic heterocycles. The first-order valence-corrected chi connectivity index (χ1v) is 19.0. The molecule has 1 aliphatic heterocycles. The van der Waals surface area contributed by atoms with E-state index in [1.54, 1.807) is 0 Å². The van der Waals surface area contributed by atoms with Crippen LogP contribution < -0.4 is 5.84 Å². The normalized spacial score (nSPS) is 24.4. The molecule has 1 unspecified atom stereocenters. The molecule has 0 fully saturated rings. The molecule has 0 spiro atoms. The number of hydrogen-bond acceptors (Lipinski definition) is 2. The van der Waals surface area contributed by atoms with Crippen LogP contribution in [0.25, 0.3) is 0 Å². The van der Waals surface area contributed by atoms with E-state index in [1.807, 2.05) is 6.07 Å². The number of quaternary nitrogens is 1. The van der Waals surface area contributed by atoms with E-state index in [0.29, 0.717) is 4.59 Å². The van der Waals surface area contributed by atoms with Gasteiger partial charge in [-0.3, -0.25) is 0 Å². The predicted molar refractivity (Wildman–Crippen MR) is 84.5 cm³/mol. The molecule has 96 valence electrons. The molecule has 2 rings (SSSR count). The van der Waals surface area contributed by atoms with E-state index in [9.17, 15) is 0 Å². The average molecular weight is 637 g/mol. The van der Waals surface area contributed by atoms with Crippen molar-refractivity contribution in [1.82, 2.24) is 4.90 Å². The molecular weight excluding hydrogens is 623 g/mol. The van der Waals surface area contributed by atoms with Crippen molar-refractivity contribution in [3.8, 4) is 0 Å². The molecule has 6 heteroatoms. The second-order valence-electron chi connectivity index (χ2n) is 3.89. The van der Waals surface area contributed by atoms with Gasteiger partial charge in [-0.25, -0.2) is 0 Å². The third-order valence-electron chi connectivity index (χ3n) is 2.54. The summed E-state index contributed by atoms with van der Waals surface area (Å²) < 4.78 is 1.80. The van der Waals surface area contributed by atoms with E-state index in [4.69, 9.17) is 5.84 Å². The van der Waals surface area contributed by atoms with Crippen molar-refractivity contribution in [2.75, 3.05) is 7.05 Å². The molecule has 1 aliphatic rings. The molecule has 3 nitrogen and oxygen atoms in total. The summed E-state index contributed by atoms with van der Waals surface area (Å²) >= 11 is 5.11. The molecule has 0 aliphatic carbocycles. The summed E-state index contributed by atoms with van der Waals surface area (Å²) in [6.07, 6.45) is 4.17. The number of hydrogen-bond donors (Lipinski definition) is 1. The molecule has 0 amide bonds. The van der Waals surface area contributed by atoms with Gasteiger partial charge in [0.05, 0.1) is 0 Å². The molecule has 0 saturated heterocycles. The summed E-state index contributed by atoms with van der Waals surface area (Å²) in [6, 6.07) is 10.4. The van der Waals surface area contributed by atoms with E-state index in [1.165, 1.54) is 9.71 Å². The van der Waals surface area contributed by atoms with Crippen molar-refractivity contribution in [3.63, 3.8) is 0 Å². The molecule has 0 radical (unpaired) electrons. The summed E-state index contributed by atoms with van der Waals surface area (Å²) in [5.41, 5.74) is 1.28. The molecule has 1 aromatic carbocycles. The fourth-order valence-corrected chi connectivity index (χ4v) is 12.2. The van der Waals surface area contributed by atoms with E-state index in [0.717, 1.165) is 6.54 Å². The fourth-order valence-electron chi connectivity index (χ4n) is 1.81. The molecule has 1 heterocycles. The summed E-state index contributed by atoms with van der Waals surface area (Å²) in [6.45, 7) is 0.831. The zero-order chi connectivity index (χ0) is 12.5. The van der Waals surface area contributed by atoms with E-state index >= 15 is 0 Å². The van der Waals surface area contributed by atoms with Gasteiger partial charge in [0.1, 0.15) is 0 Å². The standard InChI is InChI=1S/C11H14N3.2HI.Pt/c1-13-7-8-14(12,10-13)9-11-5-3-2-4-6-11;;;/h2-8H,9,12H2,1H3;2*1H;/q+1;;;+2/p-2. The van der Waals surface area contributed by atoms with Gasteiger partial charge in [0.15, 0.2) is 0 Å². The number of halogens is 2. The molecule has 2 N–H and O–H groups in total. The van der Waals surface area contributed by atoms with Crippen molar-refractivity contribution >= 4 is 42.9 Å². The van der Waals surface area contributed by atoms with Gasteiger partial charge in [-0.1, -0.05) is 0 Å². The third kappa shape index (κ3) is 3.18. The number of rotatable bonds is 2.